The number of carbonyl (C=O) groups excluding carboxylic acids is 1. The average molecular weight is 428 g/mol. The van der Waals surface area contributed by atoms with E-state index in [1.54, 1.807) is 19.2 Å². The van der Waals surface area contributed by atoms with Gasteiger partial charge in [0.1, 0.15) is 29.7 Å². The van der Waals surface area contributed by atoms with E-state index in [-0.39, 0.29) is 37.5 Å². The van der Waals surface area contributed by atoms with Crippen LogP contribution in [-0.4, -0.2) is 45.4 Å². The van der Waals surface area contributed by atoms with Crippen LogP contribution in [-0.2, 0) is 24.8 Å². The van der Waals surface area contributed by atoms with Crippen LogP contribution in [0.4, 0.5) is 20.2 Å². The molecular formula is C20H18F2N6O3. The van der Waals surface area contributed by atoms with E-state index in [0.29, 0.717) is 34.9 Å². The van der Waals surface area contributed by atoms with E-state index in [4.69, 9.17) is 9.47 Å². The number of ether oxygens (including phenoxy) is 2. The van der Waals surface area contributed by atoms with Gasteiger partial charge >= 0.3 is 0 Å². The van der Waals surface area contributed by atoms with E-state index in [0.717, 1.165) is 0 Å². The molecule has 0 fully saturated rings. The normalized spacial score (nSPS) is 17.3. The predicted molar refractivity (Wildman–Crippen MR) is 105 cm³/mol. The highest BCUT2D eigenvalue weighted by Crippen LogP contribution is 2.38. The van der Waals surface area contributed by atoms with Crippen molar-refractivity contribution in [2.75, 3.05) is 23.4 Å². The van der Waals surface area contributed by atoms with E-state index in [1.165, 1.54) is 23.0 Å². The second kappa shape index (κ2) is 7.49. The molecule has 2 aliphatic rings. The van der Waals surface area contributed by atoms with Gasteiger partial charge in [-0.15, -0.1) is 10.2 Å². The highest BCUT2D eigenvalue weighted by Gasteiger charge is 2.31. The number of aromatic nitrogens is 4. The molecule has 0 radical (unpaired) electrons. The van der Waals surface area contributed by atoms with Crippen molar-refractivity contribution in [2.45, 2.75) is 19.0 Å². The summed E-state index contributed by atoms with van der Waals surface area (Å²) in [6.07, 6.45) is 0.400. The van der Waals surface area contributed by atoms with Crippen LogP contribution in [0.25, 0.3) is 0 Å². The molecular weight excluding hydrogens is 410 g/mol. The van der Waals surface area contributed by atoms with Crippen molar-refractivity contribution in [1.82, 2.24) is 20.2 Å². The van der Waals surface area contributed by atoms with Gasteiger partial charge in [-0.1, -0.05) is 0 Å². The zero-order valence-electron chi connectivity index (χ0n) is 16.5. The molecule has 1 aromatic heterocycles. The van der Waals surface area contributed by atoms with Gasteiger partial charge in [-0.3, -0.25) is 4.79 Å². The molecule has 3 aromatic rings. The summed E-state index contributed by atoms with van der Waals surface area (Å²) in [5, 5.41) is 14.8. The highest BCUT2D eigenvalue weighted by atomic mass is 19.1. The number of rotatable bonds is 4. The number of benzene rings is 2. The van der Waals surface area contributed by atoms with Gasteiger partial charge in [0.05, 0.1) is 24.5 Å². The lowest BCUT2D eigenvalue weighted by molar-refractivity contribution is -0.118. The van der Waals surface area contributed by atoms with E-state index in [9.17, 15) is 13.6 Å². The number of nitrogens with zero attached hydrogens (tertiary/aromatic N) is 5. The molecule has 0 aliphatic carbocycles. The molecule has 0 unspecified atom stereocenters. The zero-order chi connectivity index (χ0) is 21.5. The number of halogens is 2. The lowest BCUT2D eigenvalue weighted by atomic mass is 10.0. The van der Waals surface area contributed by atoms with Crippen LogP contribution in [0.1, 0.15) is 11.4 Å². The Bertz CT molecular complexity index is 1170. The van der Waals surface area contributed by atoms with Gasteiger partial charge < -0.3 is 19.7 Å². The molecule has 11 heteroatoms. The molecule has 0 saturated carbocycles. The molecule has 31 heavy (non-hydrogen) atoms. The fraction of sp³-hybridized carbons (Fsp3) is 0.300. The highest BCUT2D eigenvalue weighted by molar-refractivity contribution is 5.95. The maximum atomic E-state index is 14.9. The lowest BCUT2D eigenvalue weighted by Crippen LogP contribution is -2.44. The molecule has 0 bridgehead atoms. The number of fused-ring (bicyclic) bond motifs is 2. The first-order valence-electron chi connectivity index (χ1n) is 9.63. The largest absolute Gasteiger partial charge is 0.489 e. The summed E-state index contributed by atoms with van der Waals surface area (Å²) in [6.45, 7) is 0.240. The van der Waals surface area contributed by atoms with E-state index in [1.807, 2.05) is 4.90 Å². The number of hydrogen-bond donors (Lipinski definition) is 1. The maximum absolute atomic E-state index is 14.9. The average Bonchev–Trinajstić information content (AvgIpc) is 3.15. The van der Waals surface area contributed by atoms with Crippen LogP contribution < -0.4 is 19.7 Å². The molecule has 0 saturated heterocycles. The third-order valence-electron chi connectivity index (χ3n) is 5.19. The van der Waals surface area contributed by atoms with Crippen molar-refractivity contribution < 1.29 is 23.0 Å². The number of anilines is 2. The van der Waals surface area contributed by atoms with Crippen LogP contribution in [0, 0.1) is 11.6 Å². The van der Waals surface area contributed by atoms with Crippen LogP contribution in [0.5, 0.6) is 11.5 Å². The summed E-state index contributed by atoms with van der Waals surface area (Å²) in [5.41, 5.74) is 1.38. The van der Waals surface area contributed by atoms with Crippen LogP contribution in [0.2, 0.25) is 0 Å². The summed E-state index contributed by atoms with van der Waals surface area (Å²) in [5.74, 6) is -0.0277. The number of tetrazole rings is 1. The van der Waals surface area contributed by atoms with Gasteiger partial charge in [0, 0.05) is 30.7 Å². The smallest absolute Gasteiger partial charge is 0.262 e. The Balaban J connectivity index is 1.50. The monoisotopic (exact) mass is 428 g/mol. The van der Waals surface area contributed by atoms with Crippen molar-refractivity contribution in [2.24, 2.45) is 7.05 Å². The molecule has 1 N–H and O–H groups in total. The summed E-state index contributed by atoms with van der Waals surface area (Å²) >= 11 is 0. The summed E-state index contributed by atoms with van der Waals surface area (Å²) in [7, 11) is 1.67. The van der Waals surface area contributed by atoms with Gasteiger partial charge in [0.15, 0.2) is 12.4 Å². The van der Waals surface area contributed by atoms with Crippen molar-refractivity contribution in [3.63, 3.8) is 0 Å². The lowest BCUT2D eigenvalue weighted by Gasteiger charge is -2.38. The number of aryl methyl sites for hydroxylation is 1. The summed E-state index contributed by atoms with van der Waals surface area (Å²) < 4.78 is 39.7. The number of hydrogen-bond acceptors (Lipinski definition) is 7. The second-order valence-electron chi connectivity index (χ2n) is 7.38. The molecule has 160 valence electrons. The third kappa shape index (κ3) is 3.74. The third-order valence-corrected chi connectivity index (χ3v) is 5.19. The molecule has 1 atom stereocenters. The van der Waals surface area contributed by atoms with E-state index in [2.05, 4.69) is 20.7 Å². The standard InChI is InChI=1S/C20H18F2N6O3/c1-27-25-19(24-26-27)6-13-9-30-18-5-12(21)2-3-16(18)28(13)8-11-4-15-17(7-14(11)22)31-10-20(29)23-15/h2-5,7,13H,6,8-10H2,1H3,(H,23,29)/t13-/m0/s1. The Labute approximate surface area is 175 Å². The van der Waals surface area contributed by atoms with Crippen molar-refractivity contribution >= 4 is 17.3 Å². The molecule has 2 aliphatic heterocycles. The Kier molecular flexibility index (Phi) is 4.64. The summed E-state index contributed by atoms with van der Waals surface area (Å²) in [4.78, 5) is 14.9. The number of amides is 1. The zero-order valence-corrected chi connectivity index (χ0v) is 16.5. The Morgan fingerprint density at radius 1 is 1.19 bits per heavy atom. The molecule has 1 amide bonds. The second-order valence-corrected chi connectivity index (χ2v) is 7.38. The predicted octanol–water partition coefficient (Wildman–Crippen LogP) is 1.83. The van der Waals surface area contributed by atoms with Gasteiger partial charge in [-0.25, -0.2) is 8.78 Å². The van der Waals surface area contributed by atoms with E-state index < -0.39 is 11.6 Å². The fourth-order valence-corrected chi connectivity index (χ4v) is 3.76. The fourth-order valence-electron chi connectivity index (χ4n) is 3.76. The van der Waals surface area contributed by atoms with Crippen molar-refractivity contribution in [1.29, 1.82) is 0 Å². The molecule has 2 aromatic carbocycles. The van der Waals surface area contributed by atoms with Crippen LogP contribution >= 0.6 is 0 Å². The first kappa shape index (κ1) is 19.2. The van der Waals surface area contributed by atoms with Gasteiger partial charge in [-0.05, 0) is 23.4 Å². The molecule has 5 rings (SSSR count). The SMILES string of the molecule is Cn1nnc(C[C@H]2COc3cc(F)ccc3N2Cc2cc3c(cc2F)OCC(=O)N3)n1. The molecule has 0 spiro atoms. The summed E-state index contributed by atoms with van der Waals surface area (Å²) in [6, 6.07) is 6.80. The van der Waals surface area contributed by atoms with Crippen molar-refractivity contribution in [3.05, 3.63) is 53.4 Å². The Hall–Kier alpha value is -3.76. The van der Waals surface area contributed by atoms with Gasteiger partial charge in [0.25, 0.3) is 5.91 Å². The molecule has 3 heterocycles. The minimum Gasteiger partial charge on any atom is -0.489 e. The van der Waals surface area contributed by atoms with Crippen molar-refractivity contribution in [3.8, 4) is 11.5 Å². The Morgan fingerprint density at radius 2 is 2.06 bits per heavy atom. The van der Waals surface area contributed by atoms with Crippen LogP contribution in [0.15, 0.2) is 30.3 Å². The van der Waals surface area contributed by atoms with Gasteiger partial charge in [-0.2, -0.15) is 4.80 Å². The quantitative estimate of drug-likeness (QED) is 0.678. The number of nitrogens with one attached hydrogen (secondary N) is 1. The molecule has 9 nitrogen and oxygen atoms in total. The topological polar surface area (TPSA) is 94.4 Å². The first-order valence-corrected chi connectivity index (χ1v) is 9.63. The van der Waals surface area contributed by atoms with Gasteiger partial charge in [0.2, 0.25) is 0 Å². The minimum absolute atomic E-state index is 0.151. The van der Waals surface area contributed by atoms with Crippen LogP contribution in [0.3, 0.4) is 0 Å². The maximum Gasteiger partial charge on any atom is 0.262 e. The minimum atomic E-state index is -0.471. The first-order chi connectivity index (χ1) is 15.0. The number of carbonyl (C=O) groups is 1. The Morgan fingerprint density at radius 3 is 2.87 bits per heavy atom. The van der Waals surface area contributed by atoms with E-state index >= 15 is 0 Å².